The van der Waals surface area contributed by atoms with Crippen LogP contribution in [0.25, 0.3) is 0 Å². The Morgan fingerprint density at radius 3 is 2.75 bits per heavy atom. The molecule has 1 fully saturated rings. The van der Waals surface area contributed by atoms with Crippen molar-refractivity contribution < 1.29 is 4.79 Å². The number of piperidine rings is 1. The van der Waals surface area contributed by atoms with E-state index in [-0.39, 0.29) is 5.91 Å². The third-order valence-corrected chi connectivity index (χ3v) is 4.87. The van der Waals surface area contributed by atoms with Crippen LogP contribution in [0.5, 0.6) is 0 Å². The molecule has 2 rings (SSSR count). The second-order valence-corrected chi connectivity index (χ2v) is 6.30. The molecule has 0 spiro atoms. The lowest BCUT2D eigenvalue weighted by molar-refractivity contribution is 0.0694. The number of likely N-dealkylation sites (tertiary alicyclic amines) is 1. The quantitative estimate of drug-likeness (QED) is 0.876. The maximum atomic E-state index is 12.5. The summed E-state index contributed by atoms with van der Waals surface area (Å²) in [5.41, 5.74) is 5.89. The van der Waals surface area contributed by atoms with Crippen LogP contribution in [-0.2, 0) is 0 Å². The second kappa shape index (κ2) is 6.92. The minimum Gasteiger partial charge on any atom is -0.382 e. The molecule has 1 saturated heterocycles. The van der Waals surface area contributed by atoms with Gasteiger partial charge in [0.25, 0.3) is 5.91 Å². The Balaban J connectivity index is 2.00. The monoisotopic (exact) mass is 296 g/mol. The van der Waals surface area contributed by atoms with Crippen LogP contribution in [0.15, 0.2) is 0 Å². The molecule has 3 N–H and O–H groups in total. The Hall–Kier alpha value is -1.30. The van der Waals surface area contributed by atoms with E-state index in [0.29, 0.717) is 10.7 Å². The summed E-state index contributed by atoms with van der Waals surface area (Å²) < 4.78 is 0. The Kier molecular flexibility index (Phi) is 5.23. The molecule has 1 aliphatic rings. The summed E-state index contributed by atoms with van der Waals surface area (Å²) in [6.07, 6.45) is 4.42. The number of anilines is 2. The molecule has 20 heavy (non-hydrogen) atoms. The zero-order valence-corrected chi connectivity index (χ0v) is 13.1. The molecule has 0 aromatic carbocycles. The average Bonchev–Trinajstić information content (AvgIpc) is 2.85. The summed E-state index contributed by atoms with van der Waals surface area (Å²) >= 11 is 1.37. The van der Waals surface area contributed by atoms with E-state index in [1.807, 2.05) is 4.90 Å². The minimum atomic E-state index is 0.0408. The van der Waals surface area contributed by atoms with E-state index in [0.717, 1.165) is 49.9 Å². The number of hydrogen-bond donors (Lipinski definition) is 2. The van der Waals surface area contributed by atoms with Gasteiger partial charge >= 0.3 is 0 Å². The highest BCUT2D eigenvalue weighted by molar-refractivity contribution is 7.18. The normalized spacial score (nSPS) is 16.4. The van der Waals surface area contributed by atoms with Gasteiger partial charge in [0, 0.05) is 19.6 Å². The molecular formula is C14H24N4OS. The number of thiazole rings is 1. The molecule has 0 radical (unpaired) electrons. The molecule has 0 unspecified atom stereocenters. The lowest BCUT2D eigenvalue weighted by atomic mass is 9.94. The molecule has 112 valence electrons. The summed E-state index contributed by atoms with van der Waals surface area (Å²) in [5.74, 6) is 1.16. The van der Waals surface area contributed by atoms with Gasteiger partial charge < -0.3 is 16.0 Å². The number of carbonyl (C=O) groups excluding carboxylic acids is 1. The second-order valence-electron chi connectivity index (χ2n) is 5.30. The van der Waals surface area contributed by atoms with E-state index in [1.165, 1.54) is 17.8 Å². The van der Waals surface area contributed by atoms with E-state index in [1.54, 1.807) is 0 Å². The molecule has 6 heteroatoms. The molecule has 1 amide bonds. The van der Waals surface area contributed by atoms with Crippen molar-refractivity contribution in [1.29, 1.82) is 0 Å². The fraction of sp³-hybridized carbons (Fsp3) is 0.714. The Bertz CT molecular complexity index is 452. The highest BCUT2D eigenvalue weighted by atomic mass is 32.1. The highest BCUT2D eigenvalue weighted by Crippen LogP contribution is 2.28. The molecule has 0 atom stereocenters. The third kappa shape index (κ3) is 3.42. The number of aromatic nitrogens is 1. The van der Waals surface area contributed by atoms with Gasteiger partial charge in [0.2, 0.25) is 0 Å². The molecule has 5 nitrogen and oxygen atoms in total. The number of nitrogen functional groups attached to an aromatic ring is 1. The van der Waals surface area contributed by atoms with Crippen molar-refractivity contribution in [3.63, 3.8) is 0 Å². The van der Waals surface area contributed by atoms with Gasteiger partial charge in [-0.05, 0) is 25.2 Å². The van der Waals surface area contributed by atoms with Gasteiger partial charge in [-0.3, -0.25) is 4.79 Å². The molecule has 0 aliphatic carbocycles. The molecule has 0 bridgehead atoms. The van der Waals surface area contributed by atoms with E-state index in [4.69, 9.17) is 5.73 Å². The Morgan fingerprint density at radius 2 is 2.15 bits per heavy atom. The Morgan fingerprint density at radius 1 is 1.45 bits per heavy atom. The summed E-state index contributed by atoms with van der Waals surface area (Å²) in [4.78, 5) is 19.2. The molecule has 0 saturated carbocycles. The van der Waals surface area contributed by atoms with Gasteiger partial charge in [-0.2, -0.15) is 0 Å². The van der Waals surface area contributed by atoms with Crippen molar-refractivity contribution in [3.8, 4) is 0 Å². The van der Waals surface area contributed by atoms with Crippen molar-refractivity contribution in [1.82, 2.24) is 9.88 Å². The van der Waals surface area contributed by atoms with Crippen molar-refractivity contribution >= 4 is 28.2 Å². The first-order valence-electron chi connectivity index (χ1n) is 7.45. The maximum absolute atomic E-state index is 12.5. The standard InChI is InChI=1S/C14H24N4OS/c1-3-7-16-14-17-12(15)11(20-14)13(19)18-8-5-10(4-2)6-9-18/h10H,3-9,15H2,1-2H3,(H,16,17). The molecule has 2 heterocycles. The first-order chi connectivity index (χ1) is 9.65. The van der Waals surface area contributed by atoms with Crippen molar-refractivity contribution in [2.45, 2.75) is 39.5 Å². The number of nitrogens with two attached hydrogens (primary N) is 1. The van der Waals surface area contributed by atoms with Crippen LogP contribution in [-0.4, -0.2) is 35.4 Å². The van der Waals surface area contributed by atoms with E-state index in [2.05, 4.69) is 24.1 Å². The van der Waals surface area contributed by atoms with Crippen molar-refractivity contribution in [3.05, 3.63) is 4.88 Å². The zero-order chi connectivity index (χ0) is 14.5. The number of carbonyl (C=O) groups is 1. The maximum Gasteiger partial charge on any atom is 0.267 e. The lowest BCUT2D eigenvalue weighted by Gasteiger charge is -2.31. The van der Waals surface area contributed by atoms with E-state index >= 15 is 0 Å². The SMILES string of the molecule is CCCNc1nc(N)c(C(=O)N2CCC(CC)CC2)s1. The molecule has 1 aromatic rings. The summed E-state index contributed by atoms with van der Waals surface area (Å²) in [5, 5.41) is 3.93. The Labute approximate surface area is 124 Å². The summed E-state index contributed by atoms with van der Waals surface area (Å²) in [7, 11) is 0. The predicted octanol–water partition coefficient (Wildman–Crippen LogP) is 2.81. The van der Waals surface area contributed by atoms with Crippen LogP contribution in [0.2, 0.25) is 0 Å². The summed E-state index contributed by atoms with van der Waals surface area (Å²) in [6.45, 7) is 6.84. The topological polar surface area (TPSA) is 71.2 Å². The number of nitrogens with one attached hydrogen (secondary N) is 1. The minimum absolute atomic E-state index is 0.0408. The number of hydrogen-bond acceptors (Lipinski definition) is 5. The number of amides is 1. The van der Waals surface area contributed by atoms with Crippen LogP contribution in [0.3, 0.4) is 0 Å². The largest absolute Gasteiger partial charge is 0.382 e. The number of rotatable bonds is 5. The van der Waals surface area contributed by atoms with Crippen LogP contribution >= 0.6 is 11.3 Å². The van der Waals surface area contributed by atoms with Crippen LogP contribution in [0, 0.1) is 5.92 Å². The number of nitrogens with zero attached hydrogens (tertiary/aromatic N) is 2. The van der Waals surface area contributed by atoms with Gasteiger partial charge in [0.05, 0.1) is 0 Å². The smallest absolute Gasteiger partial charge is 0.267 e. The van der Waals surface area contributed by atoms with Gasteiger partial charge in [-0.1, -0.05) is 31.6 Å². The predicted molar refractivity (Wildman–Crippen MR) is 84.2 cm³/mol. The van der Waals surface area contributed by atoms with Crippen molar-refractivity contribution in [2.24, 2.45) is 5.92 Å². The highest BCUT2D eigenvalue weighted by Gasteiger charge is 2.26. The fourth-order valence-corrected chi connectivity index (χ4v) is 3.36. The van der Waals surface area contributed by atoms with Crippen LogP contribution in [0.1, 0.15) is 49.2 Å². The van der Waals surface area contributed by atoms with Crippen LogP contribution < -0.4 is 11.1 Å². The first-order valence-corrected chi connectivity index (χ1v) is 8.26. The lowest BCUT2D eigenvalue weighted by Crippen LogP contribution is -2.38. The van der Waals surface area contributed by atoms with Crippen LogP contribution in [0.4, 0.5) is 10.9 Å². The fourth-order valence-electron chi connectivity index (χ4n) is 2.48. The van der Waals surface area contributed by atoms with E-state index < -0.39 is 0 Å². The first kappa shape index (κ1) is 15.1. The van der Waals surface area contributed by atoms with Crippen molar-refractivity contribution in [2.75, 3.05) is 30.7 Å². The molecule has 1 aromatic heterocycles. The molecule has 1 aliphatic heterocycles. The summed E-state index contributed by atoms with van der Waals surface area (Å²) in [6, 6.07) is 0. The van der Waals surface area contributed by atoms with E-state index in [9.17, 15) is 4.79 Å². The van der Waals surface area contributed by atoms with Gasteiger partial charge in [0.15, 0.2) is 5.13 Å². The van der Waals surface area contributed by atoms with Gasteiger partial charge in [-0.15, -0.1) is 0 Å². The van der Waals surface area contributed by atoms with Gasteiger partial charge in [0.1, 0.15) is 10.7 Å². The van der Waals surface area contributed by atoms with Gasteiger partial charge in [-0.25, -0.2) is 4.98 Å². The third-order valence-electron chi connectivity index (χ3n) is 3.85. The zero-order valence-electron chi connectivity index (χ0n) is 12.3. The average molecular weight is 296 g/mol. The molecular weight excluding hydrogens is 272 g/mol.